The van der Waals surface area contributed by atoms with Gasteiger partial charge in [-0.3, -0.25) is 10.1 Å². The first-order valence-electron chi connectivity index (χ1n) is 4.66. The van der Waals surface area contributed by atoms with Crippen LogP contribution in [0.1, 0.15) is 0 Å². The fraction of sp³-hybridized carbons (Fsp3) is 0. The van der Waals surface area contributed by atoms with Crippen molar-refractivity contribution in [2.75, 3.05) is 0 Å². The lowest BCUT2D eigenvalue weighted by atomic mass is 10.3. The highest BCUT2D eigenvalue weighted by molar-refractivity contribution is 6.32. The first-order valence-corrected chi connectivity index (χ1v) is 5.42. The monoisotopic (exact) mass is 285 g/mol. The Morgan fingerprint density at radius 2 is 1.94 bits per heavy atom. The number of ether oxygens (including phenoxy) is 1. The Balaban J connectivity index is 2.30. The first-order chi connectivity index (χ1) is 8.58. The Morgan fingerprint density at radius 1 is 1.22 bits per heavy atom. The van der Waals surface area contributed by atoms with Crippen LogP contribution in [0.5, 0.6) is 11.6 Å². The first kappa shape index (κ1) is 12.5. The van der Waals surface area contributed by atoms with Gasteiger partial charge in [-0.05, 0) is 6.07 Å². The summed E-state index contributed by atoms with van der Waals surface area (Å²) < 4.78 is 5.31. The quantitative estimate of drug-likeness (QED) is 0.637. The molecule has 0 aliphatic heterocycles. The fourth-order valence-electron chi connectivity index (χ4n) is 1.17. The van der Waals surface area contributed by atoms with E-state index in [0.29, 0.717) is 0 Å². The van der Waals surface area contributed by atoms with E-state index in [9.17, 15) is 10.1 Å². The van der Waals surface area contributed by atoms with E-state index in [1.54, 1.807) is 0 Å². The van der Waals surface area contributed by atoms with Crippen molar-refractivity contribution in [3.8, 4) is 11.6 Å². The van der Waals surface area contributed by atoms with Crippen LogP contribution in [0.25, 0.3) is 0 Å². The summed E-state index contributed by atoms with van der Waals surface area (Å²) in [7, 11) is 0. The van der Waals surface area contributed by atoms with E-state index in [0.717, 1.165) is 0 Å². The van der Waals surface area contributed by atoms with Crippen LogP contribution in [0.2, 0.25) is 10.2 Å². The van der Waals surface area contributed by atoms with Gasteiger partial charge < -0.3 is 4.74 Å². The van der Waals surface area contributed by atoms with Gasteiger partial charge in [0, 0.05) is 24.5 Å². The van der Waals surface area contributed by atoms with Gasteiger partial charge in [0.15, 0.2) is 5.15 Å². The van der Waals surface area contributed by atoms with Crippen LogP contribution in [-0.4, -0.2) is 14.9 Å². The van der Waals surface area contributed by atoms with Crippen molar-refractivity contribution in [3.05, 3.63) is 50.9 Å². The maximum Gasteiger partial charge on any atom is 0.271 e. The van der Waals surface area contributed by atoms with Crippen molar-refractivity contribution >= 4 is 28.9 Å². The number of non-ortho nitro benzene ring substituents is 1. The molecule has 18 heavy (non-hydrogen) atoms. The third kappa shape index (κ3) is 2.66. The molecule has 1 aromatic heterocycles. The van der Waals surface area contributed by atoms with Gasteiger partial charge in [0.1, 0.15) is 5.75 Å². The highest BCUT2D eigenvalue weighted by atomic mass is 35.5. The van der Waals surface area contributed by atoms with Crippen molar-refractivity contribution in [1.29, 1.82) is 0 Å². The van der Waals surface area contributed by atoms with Gasteiger partial charge in [-0.15, -0.1) is 0 Å². The van der Waals surface area contributed by atoms with Crippen molar-refractivity contribution < 1.29 is 9.66 Å². The summed E-state index contributed by atoms with van der Waals surface area (Å²) in [6.45, 7) is 0. The van der Waals surface area contributed by atoms with Crippen LogP contribution in [0.3, 0.4) is 0 Å². The molecule has 0 aliphatic rings. The fourth-order valence-corrected chi connectivity index (χ4v) is 1.52. The van der Waals surface area contributed by atoms with Crippen LogP contribution in [0, 0.1) is 10.1 Å². The number of halogens is 2. The Morgan fingerprint density at radius 3 is 2.56 bits per heavy atom. The lowest BCUT2D eigenvalue weighted by Gasteiger charge is -2.06. The normalized spacial score (nSPS) is 10.1. The molecule has 0 saturated heterocycles. The van der Waals surface area contributed by atoms with Crippen molar-refractivity contribution in [2.45, 2.75) is 0 Å². The minimum absolute atomic E-state index is 0.0759. The zero-order valence-electron chi connectivity index (χ0n) is 8.71. The average Bonchev–Trinajstić information content (AvgIpc) is 2.34. The number of nitro groups is 1. The molecule has 0 fully saturated rings. The van der Waals surface area contributed by atoms with Crippen molar-refractivity contribution in [3.63, 3.8) is 0 Å². The summed E-state index contributed by atoms with van der Waals surface area (Å²) in [5.41, 5.74) is -0.127. The molecule has 0 aliphatic carbocycles. The predicted octanol–water partition coefficient (Wildman–Crippen LogP) is 3.48. The Kier molecular flexibility index (Phi) is 3.59. The smallest absolute Gasteiger partial charge is 0.271 e. The van der Waals surface area contributed by atoms with Crippen LogP contribution in [0.4, 0.5) is 5.69 Å². The molecule has 0 radical (unpaired) electrons. The van der Waals surface area contributed by atoms with E-state index in [4.69, 9.17) is 27.9 Å². The number of nitrogens with zero attached hydrogens (tertiary/aromatic N) is 3. The second-order valence-electron chi connectivity index (χ2n) is 3.13. The molecule has 1 aromatic carbocycles. The predicted molar refractivity (Wildman–Crippen MR) is 65.2 cm³/mol. The molecule has 92 valence electrons. The van der Waals surface area contributed by atoms with E-state index >= 15 is 0 Å². The van der Waals surface area contributed by atoms with E-state index in [-0.39, 0.29) is 27.5 Å². The maximum atomic E-state index is 10.5. The molecule has 1 heterocycles. The van der Waals surface area contributed by atoms with Gasteiger partial charge in [-0.25, -0.2) is 9.97 Å². The second-order valence-corrected chi connectivity index (χ2v) is 3.89. The van der Waals surface area contributed by atoms with Crippen LogP contribution in [0.15, 0.2) is 30.6 Å². The molecule has 6 nitrogen and oxygen atoms in total. The van der Waals surface area contributed by atoms with Crippen LogP contribution >= 0.6 is 23.2 Å². The summed E-state index contributed by atoms with van der Waals surface area (Å²) >= 11 is 11.6. The molecule has 0 unspecified atom stereocenters. The van der Waals surface area contributed by atoms with E-state index in [1.165, 1.54) is 30.6 Å². The minimum atomic E-state index is -0.551. The number of hydrogen-bond donors (Lipinski definition) is 0. The Bertz CT molecular complexity index is 607. The Hall–Kier alpha value is -1.92. The molecule has 0 spiro atoms. The zero-order chi connectivity index (χ0) is 13.1. The maximum absolute atomic E-state index is 10.5. The molecule has 0 saturated carbocycles. The number of benzene rings is 1. The highest BCUT2D eigenvalue weighted by Gasteiger charge is 2.12. The molecule has 0 atom stereocenters. The minimum Gasteiger partial charge on any atom is -0.435 e. The van der Waals surface area contributed by atoms with E-state index in [1.807, 2.05) is 0 Å². The summed E-state index contributed by atoms with van der Waals surface area (Å²) in [6, 6.07) is 3.82. The second kappa shape index (κ2) is 5.16. The lowest BCUT2D eigenvalue weighted by molar-refractivity contribution is -0.384. The van der Waals surface area contributed by atoms with Gasteiger partial charge in [-0.1, -0.05) is 23.2 Å². The third-order valence-electron chi connectivity index (χ3n) is 1.96. The number of aromatic nitrogens is 2. The lowest BCUT2D eigenvalue weighted by Crippen LogP contribution is -1.92. The van der Waals surface area contributed by atoms with Gasteiger partial charge >= 0.3 is 0 Å². The van der Waals surface area contributed by atoms with Gasteiger partial charge in [-0.2, -0.15) is 0 Å². The molecule has 2 rings (SSSR count). The SMILES string of the molecule is O=[N+]([O-])c1ccc(Oc2nccnc2Cl)c(Cl)c1. The molecule has 8 heteroatoms. The molecule has 0 N–H and O–H groups in total. The standard InChI is InChI=1S/C10H5Cl2N3O3/c11-7-5-6(15(16)17)1-2-8(7)18-10-9(12)13-3-4-14-10/h1-5H. The van der Waals surface area contributed by atoms with E-state index < -0.39 is 4.92 Å². The summed E-state index contributed by atoms with van der Waals surface area (Å²) in [4.78, 5) is 17.6. The zero-order valence-corrected chi connectivity index (χ0v) is 10.2. The van der Waals surface area contributed by atoms with Gasteiger partial charge in [0.2, 0.25) is 0 Å². The van der Waals surface area contributed by atoms with Crippen molar-refractivity contribution in [1.82, 2.24) is 9.97 Å². The number of hydrogen-bond acceptors (Lipinski definition) is 5. The highest BCUT2D eigenvalue weighted by Crippen LogP contribution is 2.33. The number of nitro benzene ring substituents is 1. The summed E-state index contributed by atoms with van der Waals surface area (Å²) in [5, 5.41) is 10.7. The Labute approximate surface area is 111 Å². The topological polar surface area (TPSA) is 78.2 Å². The molecule has 0 amide bonds. The van der Waals surface area contributed by atoms with Crippen LogP contribution in [-0.2, 0) is 0 Å². The van der Waals surface area contributed by atoms with Crippen LogP contribution < -0.4 is 4.74 Å². The third-order valence-corrected chi connectivity index (χ3v) is 2.51. The molecule has 2 aromatic rings. The number of rotatable bonds is 3. The summed E-state index contributed by atoms with van der Waals surface area (Å²) in [6.07, 6.45) is 2.81. The van der Waals surface area contributed by atoms with Gasteiger partial charge in [0.05, 0.1) is 9.95 Å². The van der Waals surface area contributed by atoms with E-state index in [2.05, 4.69) is 9.97 Å². The van der Waals surface area contributed by atoms with Crippen molar-refractivity contribution in [2.24, 2.45) is 0 Å². The largest absolute Gasteiger partial charge is 0.435 e. The molecular weight excluding hydrogens is 281 g/mol. The molecular formula is C10H5Cl2N3O3. The average molecular weight is 286 g/mol. The molecule has 0 bridgehead atoms. The summed E-state index contributed by atoms with van der Waals surface area (Å²) in [5.74, 6) is 0.291. The van der Waals surface area contributed by atoms with Gasteiger partial charge in [0.25, 0.3) is 11.6 Å².